The second-order valence-corrected chi connectivity index (χ2v) is 7.76. The van der Waals surface area contributed by atoms with Crippen LogP contribution in [0.2, 0.25) is 0 Å². The van der Waals surface area contributed by atoms with Crippen LogP contribution < -0.4 is 0 Å². The summed E-state index contributed by atoms with van der Waals surface area (Å²) in [7, 11) is -9.52. The zero-order chi connectivity index (χ0) is 17.1. The number of rotatable bonds is 7. The number of carboxylic acids is 1. The first-order valence-electron chi connectivity index (χ1n) is 5.74. The average molecular weight is 355 g/mol. The Morgan fingerprint density at radius 2 is 1.41 bits per heavy atom. The van der Waals surface area contributed by atoms with Gasteiger partial charge in [0.05, 0.1) is 0 Å². The van der Waals surface area contributed by atoms with Crippen LogP contribution in [0.3, 0.4) is 0 Å². The number of phenolic OH excluding ortho intramolecular Hbond substituents is 1. The van der Waals surface area contributed by atoms with Gasteiger partial charge in [0.15, 0.2) is 0 Å². The van der Waals surface area contributed by atoms with Gasteiger partial charge in [0.1, 0.15) is 24.4 Å². The molecule has 0 fully saturated rings. The molecular formula is C10H15NO9P2. The lowest BCUT2D eigenvalue weighted by Gasteiger charge is -2.29. The number of hydrogen-bond donors (Lipinski definition) is 6. The Morgan fingerprint density at radius 1 is 1.00 bits per heavy atom. The highest BCUT2D eigenvalue weighted by atomic mass is 31.2. The summed E-state index contributed by atoms with van der Waals surface area (Å²) in [4.78, 5) is 47.8. The minimum atomic E-state index is -4.76. The van der Waals surface area contributed by atoms with E-state index in [9.17, 15) is 24.1 Å². The molecule has 0 amide bonds. The topological polar surface area (TPSA) is 176 Å². The predicted molar refractivity (Wildman–Crippen MR) is 74.1 cm³/mol. The van der Waals surface area contributed by atoms with Crippen LogP contribution in [-0.4, -0.2) is 53.2 Å². The van der Waals surface area contributed by atoms with Crippen LogP contribution in [0, 0.1) is 0 Å². The van der Waals surface area contributed by atoms with E-state index in [-0.39, 0.29) is 11.3 Å². The summed E-state index contributed by atoms with van der Waals surface area (Å²) < 4.78 is 22.2. The zero-order valence-corrected chi connectivity index (χ0v) is 12.8. The first-order chi connectivity index (χ1) is 9.89. The van der Waals surface area contributed by atoms with Crippen LogP contribution in [0.15, 0.2) is 24.3 Å². The van der Waals surface area contributed by atoms with Crippen molar-refractivity contribution in [1.29, 1.82) is 0 Å². The van der Waals surface area contributed by atoms with E-state index in [2.05, 4.69) is 0 Å². The molecule has 12 heteroatoms. The maximum Gasteiger partial charge on any atom is 0.339 e. The van der Waals surface area contributed by atoms with Gasteiger partial charge in [-0.25, -0.2) is 0 Å². The van der Waals surface area contributed by atoms with Crippen LogP contribution in [0.5, 0.6) is 5.75 Å². The molecule has 6 N–H and O–H groups in total. The number of phenols is 1. The molecule has 124 valence electrons. The standard InChI is InChI=1S/C10H15NO9P2/c12-8-3-1-7(2-4-8)9(10(13)14)11(5-21(15,16)17)6-22(18,19)20/h1-4,9,12H,5-6H2,(H,13,14)(H2,15,16,17)(H2,18,19,20). The van der Waals surface area contributed by atoms with Gasteiger partial charge in [0, 0.05) is 0 Å². The molecule has 0 aromatic heterocycles. The molecular weight excluding hydrogens is 340 g/mol. The number of carbonyl (C=O) groups is 1. The molecule has 1 aromatic carbocycles. The van der Waals surface area contributed by atoms with Gasteiger partial charge in [-0.15, -0.1) is 0 Å². The summed E-state index contributed by atoms with van der Waals surface area (Å²) >= 11 is 0. The van der Waals surface area contributed by atoms with Crippen molar-refractivity contribution in [2.75, 3.05) is 12.6 Å². The normalized spacial score (nSPS) is 14.0. The molecule has 0 saturated carbocycles. The summed E-state index contributed by atoms with van der Waals surface area (Å²) in [5.74, 6) is -1.71. The SMILES string of the molecule is O=C(O)C(c1ccc(O)cc1)N(CP(=O)(O)O)CP(=O)(O)O. The van der Waals surface area contributed by atoms with E-state index in [0.717, 1.165) is 12.1 Å². The first-order valence-corrected chi connectivity index (χ1v) is 9.33. The third kappa shape index (κ3) is 6.25. The van der Waals surface area contributed by atoms with Gasteiger partial charge in [-0.3, -0.25) is 18.8 Å². The summed E-state index contributed by atoms with van der Waals surface area (Å²) in [5, 5.41) is 18.4. The third-order valence-electron chi connectivity index (χ3n) is 2.54. The fourth-order valence-electron chi connectivity index (χ4n) is 1.85. The molecule has 1 unspecified atom stereocenters. The highest BCUT2D eigenvalue weighted by molar-refractivity contribution is 7.52. The minimum absolute atomic E-state index is 0.00667. The van der Waals surface area contributed by atoms with E-state index >= 15 is 0 Å². The van der Waals surface area contributed by atoms with Gasteiger partial charge in [0.25, 0.3) is 0 Å². The maximum atomic E-state index is 11.4. The lowest BCUT2D eigenvalue weighted by Crippen LogP contribution is -2.35. The number of carboxylic acid groups (broad SMARTS) is 1. The quantitative estimate of drug-likeness (QED) is 0.367. The van der Waals surface area contributed by atoms with Crippen molar-refractivity contribution < 1.29 is 43.7 Å². The first kappa shape index (κ1) is 18.8. The minimum Gasteiger partial charge on any atom is -0.508 e. The Kier molecular flexibility index (Phi) is 5.89. The van der Waals surface area contributed by atoms with Crippen LogP contribution in [-0.2, 0) is 13.9 Å². The van der Waals surface area contributed by atoms with Crippen LogP contribution in [0.1, 0.15) is 11.6 Å². The van der Waals surface area contributed by atoms with Crippen molar-refractivity contribution in [1.82, 2.24) is 4.90 Å². The number of aromatic hydroxyl groups is 1. The van der Waals surface area contributed by atoms with Crippen LogP contribution >= 0.6 is 15.2 Å². The highest BCUT2D eigenvalue weighted by Gasteiger charge is 2.35. The number of hydrogen-bond acceptors (Lipinski definition) is 5. The average Bonchev–Trinajstić information content (AvgIpc) is 2.27. The third-order valence-corrected chi connectivity index (χ3v) is 4.00. The molecule has 0 aliphatic rings. The zero-order valence-electron chi connectivity index (χ0n) is 11.1. The second-order valence-electron chi connectivity index (χ2n) is 4.53. The maximum absolute atomic E-state index is 11.4. The molecule has 0 saturated heterocycles. The molecule has 0 aliphatic carbocycles. The number of nitrogens with zero attached hydrogens (tertiary/aromatic N) is 1. The van der Waals surface area contributed by atoms with E-state index in [0.29, 0.717) is 4.90 Å². The molecule has 0 bridgehead atoms. The highest BCUT2D eigenvalue weighted by Crippen LogP contribution is 2.44. The molecule has 22 heavy (non-hydrogen) atoms. The monoisotopic (exact) mass is 355 g/mol. The van der Waals surface area contributed by atoms with Crippen molar-refractivity contribution in [3.8, 4) is 5.75 Å². The van der Waals surface area contributed by atoms with Crippen molar-refractivity contribution in [3.05, 3.63) is 29.8 Å². The van der Waals surface area contributed by atoms with E-state index in [4.69, 9.17) is 19.6 Å². The fourth-order valence-corrected chi connectivity index (χ4v) is 3.48. The molecule has 10 nitrogen and oxygen atoms in total. The van der Waals surface area contributed by atoms with Crippen LogP contribution in [0.4, 0.5) is 0 Å². The molecule has 0 heterocycles. The molecule has 0 radical (unpaired) electrons. The Labute approximate surface area is 125 Å². The van der Waals surface area contributed by atoms with E-state index in [1.165, 1.54) is 12.1 Å². The predicted octanol–water partition coefficient (Wildman–Crippen LogP) is 0.0903. The van der Waals surface area contributed by atoms with E-state index in [1.807, 2.05) is 0 Å². The van der Waals surface area contributed by atoms with Gasteiger partial charge in [-0.05, 0) is 17.7 Å². The lowest BCUT2D eigenvalue weighted by atomic mass is 10.1. The van der Waals surface area contributed by atoms with E-state index < -0.39 is 39.8 Å². The Bertz CT molecular complexity index is 596. The summed E-state index contributed by atoms with van der Waals surface area (Å²) in [6.07, 6.45) is -2.29. The van der Waals surface area contributed by atoms with Crippen molar-refractivity contribution in [3.63, 3.8) is 0 Å². The smallest absolute Gasteiger partial charge is 0.339 e. The summed E-state index contributed by atoms with van der Waals surface area (Å²) in [6, 6.07) is 2.97. The van der Waals surface area contributed by atoms with Crippen molar-refractivity contribution >= 4 is 21.2 Å². The van der Waals surface area contributed by atoms with Gasteiger partial charge in [-0.1, -0.05) is 12.1 Å². The molecule has 1 aromatic rings. The van der Waals surface area contributed by atoms with Gasteiger partial charge >= 0.3 is 21.2 Å². The van der Waals surface area contributed by atoms with Gasteiger partial charge in [0.2, 0.25) is 0 Å². The number of benzene rings is 1. The fraction of sp³-hybridized carbons (Fsp3) is 0.300. The van der Waals surface area contributed by atoms with Crippen molar-refractivity contribution in [2.24, 2.45) is 0 Å². The van der Waals surface area contributed by atoms with Gasteiger partial charge < -0.3 is 29.8 Å². The Hall–Kier alpha value is -1.25. The largest absolute Gasteiger partial charge is 0.508 e. The number of aliphatic carboxylic acids is 1. The van der Waals surface area contributed by atoms with Crippen LogP contribution in [0.25, 0.3) is 0 Å². The molecule has 1 rings (SSSR count). The summed E-state index contributed by atoms with van der Waals surface area (Å²) in [5.41, 5.74) is 0.00667. The molecule has 0 aliphatic heterocycles. The lowest BCUT2D eigenvalue weighted by molar-refractivity contribution is -0.143. The van der Waals surface area contributed by atoms with Crippen molar-refractivity contribution in [2.45, 2.75) is 6.04 Å². The Balaban J connectivity index is 3.25. The second kappa shape index (κ2) is 6.89. The van der Waals surface area contributed by atoms with Gasteiger partial charge in [-0.2, -0.15) is 0 Å². The molecule has 1 atom stereocenters. The molecule has 0 spiro atoms. The Morgan fingerprint density at radius 3 is 1.73 bits per heavy atom. The van der Waals surface area contributed by atoms with E-state index in [1.54, 1.807) is 0 Å². The summed E-state index contributed by atoms with van der Waals surface area (Å²) in [6.45, 7) is 0.